The Hall–Kier alpha value is -1.04. The highest BCUT2D eigenvalue weighted by Gasteiger charge is 2.24. The van der Waals surface area contributed by atoms with Gasteiger partial charge in [-0.05, 0) is 24.0 Å². The number of ether oxygens (including phenoxy) is 1. The third kappa shape index (κ3) is 3.73. The Balaban J connectivity index is 2.85. The molecule has 5 heteroatoms. The zero-order chi connectivity index (χ0) is 13.7. The van der Waals surface area contributed by atoms with Crippen molar-refractivity contribution in [1.82, 2.24) is 5.43 Å². The molecule has 0 aliphatic rings. The third-order valence-corrected chi connectivity index (χ3v) is 2.99. The van der Waals surface area contributed by atoms with Crippen LogP contribution in [0, 0.1) is 17.6 Å². The predicted octanol–water partition coefficient (Wildman–Crippen LogP) is 2.01. The topological polar surface area (TPSA) is 47.3 Å². The van der Waals surface area contributed by atoms with Crippen LogP contribution in [0.5, 0.6) is 0 Å². The summed E-state index contributed by atoms with van der Waals surface area (Å²) in [4.78, 5) is 0. The van der Waals surface area contributed by atoms with Crippen molar-refractivity contribution in [3.8, 4) is 0 Å². The normalized spacial score (nSPS) is 14.8. The second-order valence-corrected chi connectivity index (χ2v) is 4.66. The van der Waals surface area contributed by atoms with Crippen molar-refractivity contribution < 1.29 is 13.5 Å². The van der Waals surface area contributed by atoms with Crippen LogP contribution in [0.15, 0.2) is 18.2 Å². The zero-order valence-corrected chi connectivity index (χ0v) is 10.9. The van der Waals surface area contributed by atoms with Crippen LogP contribution >= 0.6 is 0 Å². The fourth-order valence-electron chi connectivity index (χ4n) is 2.10. The third-order valence-electron chi connectivity index (χ3n) is 2.99. The van der Waals surface area contributed by atoms with Crippen LogP contribution in [-0.4, -0.2) is 19.3 Å². The van der Waals surface area contributed by atoms with E-state index in [0.717, 1.165) is 6.07 Å². The molecule has 102 valence electrons. The molecule has 0 aliphatic heterocycles. The van der Waals surface area contributed by atoms with Gasteiger partial charge in [0, 0.05) is 13.2 Å². The van der Waals surface area contributed by atoms with Crippen LogP contribution in [0.4, 0.5) is 8.78 Å². The minimum Gasteiger partial charge on any atom is -0.380 e. The van der Waals surface area contributed by atoms with E-state index >= 15 is 0 Å². The van der Waals surface area contributed by atoms with E-state index in [-0.39, 0.29) is 18.1 Å². The Bertz CT molecular complexity index is 385. The first-order valence-electron chi connectivity index (χ1n) is 5.92. The SMILES string of the molecule is COC(C(C)C)C(Cc1ccc(F)cc1F)NN. The van der Waals surface area contributed by atoms with Gasteiger partial charge in [0.05, 0.1) is 12.1 Å². The molecule has 1 aromatic rings. The lowest BCUT2D eigenvalue weighted by atomic mass is 9.94. The first-order valence-corrected chi connectivity index (χ1v) is 5.92. The number of hydrogen-bond donors (Lipinski definition) is 2. The summed E-state index contributed by atoms with van der Waals surface area (Å²) in [7, 11) is 1.59. The molecule has 2 unspecified atom stereocenters. The van der Waals surface area contributed by atoms with Gasteiger partial charge in [-0.1, -0.05) is 19.9 Å². The van der Waals surface area contributed by atoms with Gasteiger partial charge in [0.15, 0.2) is 0 Å². The van der Waals surface area contributed by atoms with Gasteiger partial charge < -0.3 is 4.74 Å². The number of hydrazine groups is 1. The molecule has 0 fully saturated rings. The van der Waals surface area contributed by atoms with E-state index in [1.165, 1.54) is 12.1 Å². The molecule has 0 aliphatic carbocycles. The second-order valence-electron chi connectivity index (χ2n) is 4.66. The first kappa shape index (κ1) is 15.0. The summed E-state index contributed by atoms with van der Waals surface area (Å²) in [6.07, 6.45) is 0.207. The molecule has 3 nitrogen and oxygen atoms in total. The number of nitrogens with two attached hydrogens (primary N) is 1. The largest absolute Gasteiger partial charge is 0.380 e. The molecule has 0 radical (unpaired) electrons. The highest BCUT2D eigenvalue weighted by molar-refractivity contribution is 5.20. The smallest absolute Gasteiger partial charge is 0.129 e. The van der Waals surface area contributed by atoms with Gasteiger partial charge in [-0.15, -0.1) is 0 Å². The number of halogens is 2. The molecular weight excluding hydrogens is 238 g/mol. The van der Waals surface area contributed by atoms with Crippen molar-refractivity contribution in [3.05, 3.63) is 35.4 Å². The van der Waals surface area contributed by atoms with Crippen molar-refractivity contribution in [2.24, 2.45) is 11.8 Å². The lowest BCUT2D eigenvalue weighted by Gasteiger charge is -2.28. The van der Waals surface area contributed by atoms with E-state index in [2.05, 4.69) is 5.43 Å². The molecule has 0 amide bonds. The Labute approximate surface area is 106 Å². The van der Waals surface area contributed by atoms with E-state index in [1.54, 1.807) is 7.11 Å². The molecule has 0 aromatic heterocycles. The van der Waals surface area contributed by atoms with Crippen molar-refractivity contribution in [2.45, 2.75) is 32.4 Å². The van der Waals surface area contributed by atoms with E-state index < -0.39 is 11.6 Å². The molecule has 0 saturated heterocycles. The molecule has 2 atom stereocenters. The Kier molecular flexibility index (Phi) is 5.65. The lowest BCUT2D eigenvalue weighted by Crippen LogP contribution is -2.48. The quantitative estimate of drug-likeness (QED) is 0.606. The highest BCUT2D eigenvalue weighted by atomic mass is 19.1. The molecule has 18 heavy (non-hydrogen) atoms. The Morgan fingerprint density at radius 3 is 2.44 bits per heavy atom. The maximum atomic E-state index is 13.6. The lowest BCUT2D eigenvalue weighted by molar-refractivity contribution is 0.0330. The number of benzene rings is 1. The Morgan fingerprint density at radius 1 is 1.33 bits per heavy atom. The predicted molar refractivity (Wildman–Crippen MR) is 66.8 cm³/mol. The average molecular weight is 258 g/mol. The van der Waals surface area contributed by atoms with Crippen LogP contribution in [0.3, 0.4) is 0 Å². The number of hydrogen-bond acceptors (Lipinski definition) is 3. The van der Waals surface area contributed by atoms with Crippen LogP contribution < -0.4 is 11.3 Å². The summed E-state index contributed by atoms with van der Waals surface area (Å²) in [5.74, 6) is 4.58. The summed E-state index contributed by atoms with van der Waals surface area (Å²) in [5, 5.41) is 0. The zero-order valence-electron chi connectivity index (χ0n) is 10.9. The molecule has 0 bridgehead atoms. The summed E-state index contributed by atoms with van der Waals surface area (Å²) in [5.41, 5.74) is 3.06. The summed E-state index contributed by atoms with van der Waals surface area (Å²) in [6, 6.07) is 3.32. The minimum absolute atomic E-state index is 0.139. The second kappa shape index (κ2) is 6.78. The maximum absolute atomic E-state index is 13.6. The first-order chi connectivity index (χ1) is 8.49. The number of nitrogens with one attached hydrogen (secondary N) is 1. The van der Waals surface area contributed by atoms with Gasteiger partial charge >= 0.3 is 0 Å². The van der Waals surface area contributed by atoms with Gasteiger partial charge in [-0.2, -0.15) is 0 Å². The monoisotopic (exact) mass is 258 g/mol. The molecule has 1 aromatic carbocycles. The van der Waals surface area contributed by atoms with E-state index in [4.69, 9.17) is 10.6 Å². The van der Waals surface area contributed by atoms with Gasteiger partial charge in [-0.25, -0.2) is 8.78 Å². The van der Waals surface area contributed by atoms with Crippen molar-refractivity contribution >= 4 is 0 Å². The fraction of sp³-hybridized carbons (Fsp3) is 0.538. The number of methoxy groups -OCH3 is 1. The molecule has 0 heterocycles. The summed E-state index contributed by atoms with van der Waals surface area (Å²) < 4.78 is 31.7. The molecule has 3 N–H and O–H groups in total. The maximum Gasteiger partial charge on any atom is 0.129 e. The average Bonchev–Trinajstić information content (AvgIpc) is 2.31. The fourth-order valence-corrected chi connectivity index (χ4v) is 2.10. The highest BCUT2D eigenvalue weighted by Crippen LogP contribution is 2.17. The van der Waals surface area contributed by atoms with Gasteiger partial charge in [0.2, 0.25) is 0 Å². The van der Waals surface area contributed by atoms with Crippen LogP contribution in [0.25, 0.3) is 0 Å². The molecule has 1 rings (SSSR count). The number of rotatable bonds is 6. The van der Waals surface area contributed by atoms with E-state index in [9.17, 15) is 8.78 Å². The molecular formula is C13H20F2N2O. The van der Waals surface area contributed by atoms with Crippen LogP contribution in [0.1, 0.15) is 19.4 Å². The van der Waals surface area contributed by atoms with E-state index in [0.29, 0.717) is 12.0 Å². The van der Waals surface area contributed by atoms with Crippen molar-refractivity contribution in [2.75, 3.05) is 7.11 Å². The summed E-state index contributed by atoms with van der Waals surface area (Å²) >= 11 is 0. The van der Waals surface area contributed by atoms with Crippen LogP contribution in [-0.2, 0) is 11.2 Å². The standard InChI is InChI=1S/C13H20F2N2O/c1-8(2)13(18-3)12(17-16)6-9-4-5-10(14)7-11(9)15/h4-5,7-8,12-13,17H,6,16H2,1-3H3. The van der Waals surface area contributed by atoms with Crippen LogP contribution in [0.2, 0.25) is 0 Å². The van der Waals surface area contributed by atoms with Gasteiger partial charge in [0.1, 0.15) is 11.6 Å². The van der Waals surface area contributed by atoms with Crippen molar-refractivity contribution in [3.63, 3.8) is 0 Å². The minimum atomic E-state index is -0.583. The molecule has 0 spiro atoms. The summed E-state index contributed by atoms with van der Waals surface area (Å²) in [6.45, 7) is 4.00. The van der Waals surface area contributed by atoms with Crippen molar-refractivity contribution in [1.29, 1.82) is 0 Å². The van der Waals surface area contributed by atoms with Gasteiger partial charge in [-0.3, -0.25) is 11.3 Å². The molecule has 0 saturated carbocycles. The van der Waals surface area contributed by atoms with E-state index in [1.807, 2.05) is 13.8 Å². The Morgan fingerprint density at radius 2 is 2.00 bits per heavy atom. The van der Waals surface area contributed by atoms with Gasteiger partial charge in [0.25, 0.3) is 0 Å².